The minimum Gasteiger partial charge on any atom is -0.486 e. The van der Waals surface area contributed by atoms with Crippen molar-refractivity contribution >= 4 is 18.0 Å². The van der Waals surface area contributed by atoms with E-state index in [4.69, 9.17) is 14.2 Å². The van der Waals surface area contributed by atoms with Crippen molar-refractivity contribution in [3.05, 3.63) is 65.2 Å². The zero-order valence-electron chi connectivity index (χ0n) is 17.5. The van der Waals surface area contributed by atoms with E-state index in [1.165, 1.54) is 6.08 Å². The Hall–Kier alpha value is -3.79. The Morgan fingerprint density at radius 2 is 1.90 bits per heavy atom. The van der Waals surface area contributed by atoms with Crippen LogP contribution in [0.1, 0.15) is 30.9 Å². The number of hydrogen-bond acceptors (Lipinski definition) is 6. The molecule has 2 aromatic carbocycles. The first kappa shape index (κ1) is 21.9. The van der Waals surface area contributed by atoms with Crippen LogP contribution < -0.4 is 14.8 Å². The van der Waals surface area contributed by atoms with E-state index in [1.807, 2.05) is 48.5 Å². The number of para-hydroxylation sites is 2. The van der Waals surface area contributed by atoms with E-state index < -0.39 is 18.5 Å². The molecule has 0 aromatic heterocycles. The number of carbonyl (C=O) groups is 2. The van der Waals surface area contributed by atoms with Crippen molar-refractivity contribution in [2.45, 2.75) is 25.9 Å². The number of nitriles is 1. The molecule has 7 heteroatoms. The molecule has 1 N–H and O–H groups in total. The molecule has 0 bridgehead atoms. The van der Waals surface area contributed by atoms with Gasteiger partial charge in [-0.3, -0.25) is 4.79 Å². The minimum absolute atomic E-state index is 0.175. The highest BCUT2D eigenvalue weighted by atomic mass is 16.6. The molecule has 0 aliphatic carbocycles. The van der Waals surface area contributed by atoms with Gasteiger partial charge < -0.3 is 19.5 Å². The summed E-state index contributed by atoms with van der Waals surface area (Å²) in [7, 11) is 0. The maximum atomic E-state index is 12.2. The molecule has 0 saturated heterocycles. The van der Waals surface area contributed by atoms with Gasteiger partial charge in [-0.2, -0.15) is 5.26 Å². The van der Waals surface area contributed by atoms with Crippen molar-refractivity contribution in [2.75, 3.05) is 19.8 Å². The predicted molar refractivity (Wildman–Crippen MR) is 114 cm³/mol. The van der Waals surface area contributed by atoms with Crippen LogP contribution in [0, 0.1) is 11.3 Å². The molecular weight excluding hydrogens is 396 g/mol. The molecule has 1 atom stereocenters. The lowest BCUT2D eigenvalue weighted by Crippen LogP contribution is -2.42. The largest absolute Gasteiger partial charge is 0.486 e. The molecule has 2 aromatic rings. The first-order valence-electron chi connectivity index (χ1n) is 10.0. The highest BCUT2D eigenvalue weighted by molar-refractivity contribution is 5.98. The number of nitrogens with zero attached hydrogens (tertiary/aromatic N) is 1. The van der Waals surface area contributed by atoms with Gasteiger partial charge in [-0.25, -0.2) is 4.79 Å². The fraction of sp³-hybridized carbons (Fsp3) is 0.292. The third kappa shape index (κ3) is 6.09. The number of nitrogens with one attached hydrogen (secondary N) is 1. The standard InChI is InChI=1S/C24H24N2O5/c1-16(2)18-9-7-17(8-10-18)11-19(12-25)24(28)30-15-23(27)26-13-20-14-29-21-5-3-4-6-22(21)31-20/h3-11,16,20H,13-15H2,1-2H3,(H,26,27)/b19-11+/t20-/m1/s1. The van der Waals surface area contributed by atoms with Crippen LogP contribution >= 0.6 is 0 Å². The molecular formula is C24H24N2O5. The van der Waals surface area contributed by atoms with Crippen LogP contribution in [0.15, 0.2) is 54.1 Å². The Kier molecular flexibility index (Phi) is 7.28. The van der Waals surface area contributed by atoms with E-state index in [9.17, 15) is 14.9 Å². The van der Waals surface area contributed by atoms with E-state index >= 15 is 0 Å². The molecule has 1 aliphatic rings. The molecule has 0 saturated carbocycles. The molecule has 0 fully saturated rings. The van der Waals surface area contributed by atoms with Crippen molar-refractivity contribution in [3.8, 4) is 17.6 Å². The summed E-state index contributed by atoms with van der Waals surface area (Å²) in [6.45, 7) is 4.18. The number of ether oxygens (including phenoxy) is 3. The van der Waals surface area contributed by atoms with Crippen molar-refractivity contribution in [3.63, 3.8) is 0 Å². The average molecular weight is 420 g/mol. The smallest absolute Gasteiger partial charge is 0.349 e. The molecule has 0 spiro atoms. The summed E-state index contributed by atoms with van der Waals surface area (Å²) in [5.41, 5.74) is 1.69. The molecule has 1 heterocycles. The molecule has 0 radical (unpaired) electrons. The Labute approximate surface area is 181 Å². The summed E-state index contributed by atoms with van der Waals surface area (Å²) in [6.07, 6.45) is 1.09. The molecule has 1 aliphatic heterocycles. The summed E-state index contributed by atoms with van der Waals surface area (Å²) in [4.78, 5) is 24.2. The first-order valence-corrected chi connectivity index (χ1v) is 10.0. The van der Waals surface area contributed by atoms with Crippen LogP contribution in [-0.4, -0.2) is 37.7 Å². The third-order valence-corrected chi connectivity index (χ3v) is 4.68. The van der Waals surface area contributed by atoms with Crippen molar-refractivity contribution in [1.82, 2.24) is 5.32 Å². The van der Waals surface area contributed by atoms with E-state index in [1.54, 1.807) is 6.07 Å². The number of benzene rings is 2. The van der Waals surface area contributed by atoms with Gasteiger partial charge in [0.05, 0.1) is 6.54 Å². The summed E-state index contributed by atoms with van der Waals surface area (Å²) < 4.78 is 16.3. The van der Waals surface area contributed by atoms with Crippen LogP contribution in [-0.2, 0) is 14.3 Å². The second kappa shape index (κ2) is 10.3. The Balaban J connectivity index is 1.46. The third-order valence-electron chi connectivity index (χ3n) is 4.68. The Bertz CT molecular complexity index is 1010. The second-order valence-electron chi connectivity index (χ2n) is 7.37. The minimum atomic E-state index is -0.850. The molecule has 7 nitrogen and oxygen atoms in total. The Morgan fingerprint density at radius 3 is 2.58 bits per heavy atom. The lowest BCUT2D eigenvalue weighted by molar-refractivity contribution is -0.144. The summed E-state index contributed by atoms with van der Waals surface area (Å²) in [5, 5.41) is 11.9. The molecule has 3 rings (SSSR count). The second-order valence-corrected chi connectivity index (χ2v) is 7.37. The summed E-state index contributed by atoms with van der Waals surface area (Å²) >= 11 is 0. The van der Waals surface area contributed by atoms with Gasteiger partial charge in [0.25, 0.3) is 5.91 Å². The number of fused-ring (bicyclic) bond motifs is 1. The quantitative estimate of drug-likeness (QED) is 0.420. The molecule has 31 heavy (non-hydrogen) atoms. The van der Waals surface area contributed by atoms with E-state index in [0.29, 0.717) is 29.6 Å². The fourth-order valence-corrected chi connectivity index (χ4v) is 2.93. The predicted octanol–water partition coefficient (Wildman–Crippen LogP) is 3.22. The van der Waals surface area contributed by atoms with E-state index in [2.05, 4.69) is 19.2 Å². The van der Waals surface area contributed by atoms with Gasteiger partial charge in [-0.1, -0.05) is 50.2 Å². The Morgan fingerprint density at radius 1 is 1.19 bits per heavy atom. The van der Waals surface area contributed by atoms with Crippen molar-refractivity contribution in [1.29, 1.82) is 5.26 Å². The molecule has 160 valence electrons. The SMILES string of the molecule is CC(C)c1ccc(/C=C(\C#N)C(=O)OCC(=O)NC[C@@H]2COc3ccccc3O2)cc1. The van der Waals surface area contributed by atoms with Gasteiger partial charge in [-0.05, 0) is 35.3 Å². The van der Waals surface area contributed by atoms with Gasteiger partial charge >= 0.3 is 5.97 Å². The van der Waals surface area contributed by atoms with Crippen molar-refractivity contribution in [2.24, 2.45) is 0 Å². The zero-order valence-corrected chi connectivity index (χ0v) is 17.5. The maximum absolute atomic E-state index is 12.2. The molecule has 1 amide bonds. The van der Waals surface area contributed by atoms with Crippen LogP contribution in [0.3, 0.4) is 0 Å². The van der Waals surface area contributed by atoms with Gasteiger partial charge in [-0.15, -0.1) is 0 Å². The van der Waals surface area contributed by atoms with Gasteiger partial charge in [0.2, 0.25) is 0 Å². The van der Waals surface area contributed by atoms with E-state index in [-0.39, 0.29) is 18.2 Å². The topological polar surface area (TPSA) is 97.7 Å². The zero-order chi connectivity index (χ0) is 22.2. The van der Waals surface area contributed by atoms with Crippen LogP contribution in [0.25, 0.3) is 6.08 Å². The lowest BCUT2D eigenvalue weighted by Gasteiger charge is -2.26. The van der Waals surface area contributed by atoms with Gasteiger partial charge in [0.1, 0.15) is 24.4 Å². The van der Waals surface area contributed by atoms with Gasteiger partial charge in [0, 0.05) is 0 Å². The average Bonchev–Trinajstić information content (AvgIpc) is 2.79. The number of rotatable bonds is 7. The summed E-state index contributed by atoms with van der Waals surface area (Å²) in [6, 6.07) is 16.7. The van der Waals surface area contributed by atoms with Crippen LogP contribution in [0.2, 0.25) is 0 Å². The highest BCUT2D eigenvalue weighted by Gasteiger charge is 2.21. The van der Waals surface area contributed by atoms with Crippen LogP contribution in [0.4, 0.5) is 0 Å². The fourth-order valence-electron chi connectivity index (χ4n) is 2.93. The van der Waals surface area contributed by atoms with Crippen LogP contribution in [0.5, 0.6) is 11.5 Å². The lowest BCUT2D eigenvalue weighted by atomic mass is 10.0. The first-order chi connectivity index (χ1) is 15.0. The van der Waals surface area contributed by atoms with E-state index in [0.717, 1.165) is 5.56 Å². The summed E-state index contributed by atoms with van der Waals surface area (Å²) in [5.74, 6) is 0.321. The normalized spacial score (nSPS) is 15.2. The maximum Gasteiger partial charge on any atom is 0.349 e. The number of esters is 1. The van der Waals surface area contributed by atoms with Crippen molar-refractivity contribution < 1.29 is 23.8 Å². The number of amides is 1. The highest BCUT2D eigenvalue weighted by Crippen LogP contribution is 2.30. The molecule has 0 unspecified atom stereocenters. The monoisotopic (exact) mass is 420 g/mol. The number of carbonyl (C=O) groups excluding carboxylic acids is 2. The number of hydrogen-bond donors (Lipinski definition) is 1. The van der Waals surface area contributed by atoms with Gasteiger partial charge in [0.15, 0.2) is 18.1 Å².